The molecule has 3 heterocycles. The van der Waals surface area contributed by atoms with Gasteiger partial charge in [0.1, 0.15) is 15.6 Å². The number of aromatic nitrogens is 1. The number of fused-ring (bicyclic) bond motifs is 1. The van der Waals surface area contributed by atoms with Gasteiger partial charge in [0.2, 0.25) is 5.13 Å². The fourth-order valence-electron chi connectivity index (χ4n) is 5.09. The van der Waals surface area contributed by atoms with E-state index in [0.717, 1.165) is 76.8 Å². The molecule has 0 radical (unpaired) electrons. The Hall–Kier alpha value is -3.70. The Balaban J connectivity index is 0.959. The summed E-state index contributed by atoms with van der Waals surface area (Å²) in [5, 5.41) is 19.0. The lowest BCUT2D eigenvalue weighted by Gasteiger charge is -2.17. The molecule has 244 valence electrons. The number of azo groups is 2. The van der Waals surface area contributed by atoms with Gasteiger partial charge in [-0.05, 0) is 86.7 Å². The molecule has 0 amide bonds. The number of anilines is 1. The molecule has 1 atom stereocenters. The van der Waals surface area contributed by atoms with Crippen LogP contribution in [0.1, 0.15) is 78.1 Å². The van der Waals surface area contributed by atoms with E-state index in [2.05, 4.69) is 42.5 Å². The van der Waals surface area contributed by atoms with Crippen molar-refractivity contribution >= 4 is 65.4 Å². The lowest BCUT2D eigenvalue weighted by atomic mass is 10.1. The van der Waals surface area contributed by atoms with Gasteiger partial charge in [0.05, 0.1) is 35.2 Å². The summed E-state index contributed by atoms with van der Waals surface area (Å²) in [6, 6.07) is 18.0. The van der Waals surface area contributed by atoms with Crippen molar-refractivity contribution in [2.45, 2.75) is 78.1 Å². The lowest BCUT2D eigenvalue weighted by Crippen LogP contribution is -2.17. The van der Waals surface area contributed by atoms with E-state index in [1.807, 2.05) is 56.3 Å². The molecule has 1 aliphatic rings. The highest BCUT2D eigenvalue weighted by atomic mass is 32.1. The van der Waals surface area contributed by atoms with Crippen LogP contribution in [-0.2, 0) is 9.53 Å². The second-order valence-electron chi connectivity index (χ2n) is 11.7. The number of thiazole rings is 1. The van der Waals surface area contributed by atoms with Crippen LogP contribution in [0.5, 0.6) is 5.75 Å². The van der Waals surface area contributed by atoms with Crippen LogP contribution in [0.4, 0.5) is 27.2 Å². The number of benzene rings is 2. The van der Waals surface area contributed by atoms with Crippen molar-refractivity contribution in [3.8, 4) is 5.75 Å². The maximum absolute atomic E-state index is 11.7. The average molecular weight is 661 g/mol. The van der Waals surface area contributed by atoms with E-state index in [-0.39, 0.29) is 11.9 Å². The molecule has 11 heteroatoms. The van der Waals surface area contributed by atoms with Crippen LogP contribution in [0, 0.1) is 5.92 Å². The number of thiophene rings is 1. The number of carbonyl (C=O) groups is 1. The fourth-order valence-corrected chi connectivity index (χ4v) is 6.93. The number of esters is 1. The molecule has 1 unspecified atom stereocenters. The Labute approximate surface area is 279 Å². The second-order valence-corrected chi connectivity index (χ2v) is 13.7. The maximum atomic E-state index is 11.7. The van der Waals surface area contributed by atoms with Crippen molar-refractivity contribution in [2.24, 2.45) is 26.4 Å². The summed E-state index contributed by atoms with van der Waals surface area (Å²) in [4.78, 5) is 19.6. The zero-order valence-electron chi connectivity index (χ0n) is 26.9. The first kappa shape index (κ1) is 33.7. The number of ether oxygens (including phenoxy) is 2. The molecule has 1 fully saturated rings. The summed E-state index contributed by atoms with van der Waals surface area (Å²) >= 11 is 3.00. The van der Waals surface area contributed by atoms with Crippen molar-refractivity contribution in [3.05, 3.63) is 54.6 Å². The highest BCUT2D eigenvalue weighted by molar-refractivity contribution is 7.30. The lowest BCUT2D eigenvalue weighted by molar-refractivity contribution is -0.148. The van der Waals surface area contributed by atoms with E-state index >= 15 is 0 Å². The molecule has 0 saturated carbocycles. The Morgan fingerprint density at radius 2 is 1.46 bits per heavy atom. The average Bonchev–Trinajstić information content (AvgIpc) is 3.83. The zero-order valence-corrected chi connectivity index (χ0v) is 28.5. The van der Waals surface area contributed by atoms with Gasteiger partial charge in [0, 0.05) is 18.8 Å². The molecule has 0 aliphatic carbocycles. The zero-order chi connectivity index (χ0) is 32.0. The normalized spacial score (nSPS) is 14.2. The van der Waals surface area contributed by atoms with Crippen molar-refractivity contribution in [2.75, 3.05) is 31.2 Å². The molecule has 0 bridgehead atoms. The van der Waals surface area contributed by atoms with Gasteiger partial charge in [-0.1, -0.05) is 68.6 Å². The Morgan fingerprint density at radius 1 is 0.826 bits per heavy atom. The summed E-state index contributed by atoms with van der Waals surface area (Å²) in [6.07, 6.45) is 11.2. The number of nitrogens with zero attached hydrogens (tertiary/aromatic N) is 6. The molecule has 9 nitrogen and oxygen atoms in total. The number of hydrogen-bond acceptors (Lipinski definition) is 11. The second kappa shape index (κ2) is 17.9. The van der Waals surface area contributed by atoms with E-state index in [1.54, 1.807) is 0 Å². The summed E-state index contributed by atoms with van der Waals surface area (Å²) in [6.45, 7) is 7.44. The topological polar surface area (TPSA) is 101 Å². The monoisotopic (exact) mass is 660 g/mol. The molecule has 0 N–H and O–H groups in total. The molecule has 2 aromatic heterocycles. The molecular formula is C35H44N6O3S2. The van der Waals surface area contributed by atoms with Crippen molar-refractivity contribution < 1.29 is 14.3 Å². The maximum Gasteiger partial charge on any atom is 0.308 e. The third kappa shape index (κ3) is 10.4. The van der Waals surface area contributed by atoms with Crippen LogP contribution < -0.4 is 9.64 Å². The Morgan fingerprint density at radius 3 is 2.13 bits per heavy atom. The summed E-state index contributed by atoms with van der Waals surface area (Å²) < 4.78 is 12.2. The van der Waals surface area contributed by atoms with Gasteiger partial charge in [-0.25, -0.2) is 4.98 Å². The number of unbranched alkanes of at least 4 members (excludes halogenated alkanes) is 6. The molecule has 0 spiro atoms. The van der Waals surface area contributed by atoms with E-state index in [1.165, 1.54) is 60.5 Å². The van der Waals surface area contributed by atoms with Crippen molar-refractivity contribution in [1.29, 1.82) is 0 Å². The van der Waals surface area contributed by atoms with Crippen LogP contribution >= 0.6 is 22.7 Å². The Kier molecular flexibility index (Phi) is 13.1. The minimum atomic E-state index is -0.0678. The molecular weight excluding hydrogens is 617 g/mol. The van der Waals surface area contributed by atoms with Gasteiger partial charge in [-0.2, -0.15) is 0 Å². The van der Waals surface area contributed by atoms with Gasteiger partial charge >= 0.3 is 5.97 Å². The third-order valence-electron chi connectivity index (χ3n) is 8.05. The minimum Gasteiger partial charge on any atom is -0.494 e. The standard InChI is InChI=1S/C35H44N6O3S2/c1-3-26(2)34(42)44-24-12-8-6-4-5-7-11-23-43-30-19-15-28(16-20-30)37-39-32-25-31-33(46-32)36-35(45-31)40-38-27-13-17-29(18-14-27)41-21-9-10-22-41/h13-20,25-26H,3-12,21-24H2,1-2H3. The van der Waals surface area contributed by atoms with E-state index < -0.39 is 0 Å². The van der Waals surface area contributed by atoms with Gasteiger partial charge in [0.25, 0.3) is 0 Å². The summed E-state index contributed by atoms with van der Waals surface area (Å²) in [5.41, 5.74) is 2.85. The first-order valence-electron chi connectivity index (χ1n) is 16.6. The first-order valence-corrected chi connectivity index (χ1v) is 18.2. The fraction of sp³-hybridized carbons (Fsp3) is 0.486. The van der Waals surface area contributed by atoms with Gasteiger partial charge in [0.15, 0.2) is 0 Å². The first-order chi connectivity index (χ1) is 22.6. The van der Waals surface area contributed by atoms with Crippen LogP contribution in [0.15, 0.2) is 75.1 Å². The largest absolute Gasteiger partial charge is 0.494 e. The molecule has 5 rings (SSSR count). The Bertz CT molecular complexity index is 1530. The highest BCUT2D eigenvalue weighted by Crippen LogP contribution is 2.39. The number of carbonyl (C=O) groups excluding carboxylic acids is 1. The summed E-state index contributed by atoms with van der Waals surface area (Å²) in [7, 11) is 0. The third-order valence-corrected chi connectivity index (χ3v) is 9.98. The molecule has 1 aliphatic heterocycles. The highest BCUT2D eigenvalue weighted by Gasteiger charge is 2.13. The predicted molar refractivity (Wildman–Crippen MR) is 188 cm³/mol. The van der Waals surface area contributed by atoms with Gasteiger partial charge in [-0.3, -0.25) is 4.79 Å². The van der Waals surface area contributed by atoms with Crippen molar-refractivity contribution in [1.82, 2.24) is 4.98 Å². The van der Waals surface area contributed by atoms with Crippen molar-refractivity contribution in [3.63, 3.8) is 0 Å². The van der Waals surface area contributed by atoms with Crippen LogP contribution in [0.3, 0.4) is 0 Å². The van der Waals surface area contributed by atoms with Crippen LogP contribution in [-0.4, -0.2) is 37.3 Å². The van der Waals surface area contributed by atoms with E-state index in [0.29, 0.717) is 18.3 Å². The molecule has 4 aromatic rings. The molecule has 1 saturated heterocycles. The number of rotatable bonds is 18. The molecule has 2 aromatic carbocycles. The minimum absolute atomic E-state index is 0.00657. The number of hydrogen-bond donors (Lipinski definition) is 0. The van der Waals surface area contributed by atoms with Crippen LogP contribution in [0.25, 0.3) is 9.53 Å². The van der Waals surface area contributed by atoms with E-state index in [9.17, 15) is 4.79 Å². The quantitative estimate of drug-likeness (QED) is 0.0600. The summed E-state index contributed by atoms with van der Waals surface area (Å²) in [5.74, 6) is 0.782. The molecule has 46 heavy (non-hydrogen) atoms. The van der Waals surface area contributed by atoms with E-state index in [4.69, 9.17) is 9.47 Å². The smallest absolute Gasteiger partial charge is 0.308 e. The van der Waals surface area contributed by atoms with Gasteiger partial charge < -0.3 is 14.4 Å². The SMILES string of the molecule is CCC(C)C(=O)OCCCCCCCCCOc1ccc(N=Nc2cc3sc(N=Nc4ccc(N5CCCC5)cc4)nc3s2)cc1. The van der Waals surface area contributed by atoms with Crippen LogP contribution in [0.2, 0.25) is 0 Å². The van der Waals surface area contributed by atoms with Gasteiger partial charge in [-0.15, -0.1) is 20.5 Å². The predicted octanol–water partition coefficient (Wildman–Crippen LogP) is 11.5.